The largest absolute Gasteiger partial charge is 0.349 e. The molecule has 1 N–H and O–H groups in total. The second kappa shape index (κ2) is 7.19. The van der Waals surface area contributed by atoms with Gasteiger partial charge in [0.1, 0.15) is 16.9 Å². The third-order valence-corrected chi connectivity index (χ3v) is 3.61. The number of hydrogen-bond acceptors (Lipinski definition) is 4. The SMILES string of the molecule is CCC(CC)C(C)NC(=O)c1cc(Cl)ncc1[N+](=O)[O-]. The molecule has 1 heterocycles. The lowest BCUT2D eigenvalue weighted by atomic mass is 9.95. The number of nitrogens with one attached hydrogen (secondary N) is 1. The number of carbonyl (C=O) groups is 1. The summed E-state index contributed by atoms with van der Waals surface area (Å²) in [6, 6.07) is 1.15. The van der Waals surface area contributed by atoms with Gasteiger partial charge in [-0.1, -0.05) is 38.3 Å². The molecular formula is C13H18ClN3O3. The van der Waals surface area contributed by atoms with Crippen molar-refractivity contribution in [3.05, 3.63) is 33.1 Å². The highest BCUT2D eigenvalue weighted by atomic mass is 35.5. The summed E-state index contributed by atoms with van der Waals surface area (Å²) in [5.74, 6) is -0.171. The monoisotopic (exact) mass is 299 g/mol. The van der Waals surface area contributed by atoms with Crippen molar-refractivity contribution in [1.29, 1.82) is 0 Å². The van der Waals surface area contributed by atoms with Crippen LogP contribution >= 0.6 is 11.6 Å². The van der Waals surface area contributed by atoms with E-state index in [0.717, 1.165) is 19.0 Å². The van der Waals surface area contributed by atoms with Crippen LogP contribution < -0.4 is 5.32 Å². The Labute approximate surface area is 122 Å². The minimum Gasteiger partial charge on any atom is -0.349 e. The summed E-state index contributed by atoms with van der Waals surface area (Å²) in [4.78, 5) is 26.1. The van der Waals surface area contributed by atoms with Crippen molar-refractivity contribution in [1.82, 2.24) is 10.3 Å². The van der Waals surface area contributed by atoms with E-state index < -0.39 is 10.8 Å². The first-order chi connectivity index (χ1) is 9.40. The first-order valence-corrected chi connectivity index (χ1v) is 6.89. The van der Waals surface area contributed by atoms with Gasteiger partial charge in [0.05, 0.1) is 4.92 Å². The molecule has 0 aliphatic heterocycles. The summed E-state index contributed by atoms with van der Waals surface area (Å²) in [5.41, 5.74) is -0.406. The van der Waals surface area contributed by atoms with E-state index in [4.69, 9.17) is 11.6 Å². The van der Waals surface area contributed by atoms with Gasteiger partial charge < -0.3 is 5.32 Å². The molecule has 1 aromatic rings. The second-order valence-electron chi connectivity index (χ2n) is 4.62. The summed E-state index contributed by atoms with van der Waals surface area (Å²) < 4.78 is 0. The molecule has 0 saturated heterocycles. The van der Waals surface area contributed by atoms with E-state index in [1.54, 1.807) is 0 Å². The normalized spacial score (nSPS) is 12.2. The maximum Gasteiger partial charge on any atom is 0.300 e. The van der Waals surface area contributed by atoms with Gasteiger partial charge in [-0.25, -0.2) is 4.98 Å². The van der Waals surface area contributed by atoms with Gasteiger partial charge in [-0.15, -0.1) is 0 Å². The first-order valence-electron chi connectivity index (χ1n) is 6.51. The molecule has 20 heavy (non-hydrogen) atoms. The summed E-state index contributed by atoms with van der Waals surface area (Å²) >= 11 is 5.71. The quantitative estimate of drug-likeness (QED) is 0.496. The van der Waals surface area contributed by atoms with Gasteiger partial charge in [0.2, 0.25) is 0 Å². The molecule has 0 fully saturated rings. The van der Waals surface area contributed by atoms with Crippen molar-refractivity contribution < 1.29 is 9.72 Å². The molecule has 0 saturated carbocycles. The van der Waals surface area contributed by atoms with Crippen LogP contribution in [0.2, 0.25) is 5.15 Å². The van der Waals surface area contributed by atoms with Crippen LogP contribution in [-0.4, -0.2) is 21.9 Å². The number of nitro groups is 1. The van der Waals surface area contributed by atoms with Gasteiger partial charge >= 0.3 is 0 Å². The Hall–Kier alpha value is -1.69. The Morgan fingerprint density at radius 3 is 2.60 bits per heavy atom. The highest BCUT2D eigenvalue weighted by molar-refractivity contribution is 6.29. The molecule has 1 atom stereocenters. The smallest absolute Gasteiger partial charge is 0.300 e. The van der Waals surface area contributed by atoms with Crippen molar-refractivity contribution in [3.8, 4) is 0 Å². The predicted molar refractivity (Wildman–Crippen MR) is 76.9 cm³/mol. The summed E-state index contributed by atoms with van der Waals surface area (Å²) in [7, 11) is 0. The number of halogens is 1. The number of aromatic nitrogens is 1. The van der Waals surface area contributed by atoms with Crippen LogP contribution in [0.3, 0.4) is 0 Å². The van der Waals surface area contributed by atoms with Crippen molar-refractivity contribution in [2.45, 2.75) is 39.7 Å². The van der Waals surface area contributed by atoms with E-state index in [1.807, 2.05) is 20.8 Å². The molecule has 0 bridgehead atoms. The maximum atomic E-state index is 12.2. The molecule has 0 aliphatic rings. The van der Waals surface area contributed by atoms with Crippen LogP contribution in [-0.2, 0) is 0 Å². The Balaban J connectivity index is 2.97. The number of carbonyl (C=O) groups excluding carboxylic acids is 1. The van der Waals surface area contributed by atoms with Gasteiger partial charge in [-0.2, -0.15) is 0 Å². The van der Waals surface area contributed by atoms with Crippen LogP contribution in [0.1, 0.15) is 44.0 Å². The second-order valence-corrected chi connectivity index (χ2v) is 5.01. The number of nitrogens with zero attached hydrogens (tertiary/aromatic N) is 2. The minimum absolute atomic E-state index is 0.0518. The maximum absolute atomic E-state index is 12.2. The molecule has 1 unspecified atom stereocenters. The third kappa shape index (κ3) is 3.90. The number of amides is 1. The Bertz CT molecular complexity index is 504. The van der Waals surface area contributed by atoms with E-state index in [1.165, 1.54) is 6.07 Å². The van der Waals surface area contributed by atoms with Crippen molar-refractivity contribution >= 4 is 23.2 Å². The fourth-order valence-electron chi connectivity index (χ4n) is 2.15. The number of pyridine rings is 1. The molecule has 6 nitrogen and oxygen atoms in total. The Morgan fingerprint density at radius 2 is 2.10 bits per heavy atom. The van der Waals surface area contributed by atoms with Gasteiger partial charge in [-0.3, -0.25) is 14.9 Å². The van der Waals surface area contributed by atoms with Crippen LogP contribution in [0.4, 0.5) is 5.69 Å². The molecule has 1 amide bonds. The zero-order valence-electron chi connectivity index (χ0n) is 11.7. The van der Waals surface area contributed by atoms with E-state index in [0.29, 0.717) is 5.92 Å². The predicted octanol–water partition coefficient (Wildman–Crippen LogP) is 3.20. The van der Waals surface area contributed by atoms with Gasteiger partial charge in [0, 0.05) is 6.04 Å². The lowest BCUT2D eigenvalue weighted by Gasteiger charge is -2.22. The van der Waals surface area contributed by atoms with Crippen molar-refractivity contribution in [2.75, 3.05) is 0 Å². The molecule has 7 heteroatoms. The van der Waals surface area contributed by atoms with Crippen LogP contribution in [0.5, 0.6) is 0 Å². The number of hydrogen-bond donors (Lipinski definition) is 1. The molecule has 0 aromatic carbocycles. The lowest BCUT2D eigenvalue weighted by molar-refractivity contribution is -0.385. The van der Waals surface area contributed by atoms with E-state index in [-0.39, 0.29) is 22.4 Å². The van der Waals surface area contributed by atoms with Crippen LogP contribution in [0.25, 0.3) is 0 Å². The lowest BCUT2D eigenvalue weighted by Crippen LogP contribution is -2.38. The first kappa shape index (κ1) is 16.4. The van der Waals surface area contributed by atoms with Gasteiger partial charge in [0.25, 0.3) is 11.6 Å². The molecule has 0 aliphatic carbocycles. The van der Waals surface area contributed by atoms with E-state index >= 15 is 0 Å². The van der Waals surface area contributed by atoms with Gasteiger partial charge in [0.15, 0.2) is 0 Å². The molecule has 0 spiro atoms. The summed E-state index contributed by atoms with van der Waals surface area (Å²) in [6.07, 6.45) is 2.85. The Morgan fingerprint density at radius 1 is 1.50 bits per heavy atom. The molecule has 110 valence electrons. The molecule has 1 aromatic heterocycles. The van der Waals surface area contributed by atoms with Crippen molar-refractivity contribution in [2.24, 2.45) is 5.92 Å². The van der Waals surface area contributed by atoms with E-state index in [9.17, 15) is 14.9 Å². The summed E-state index contributed by atoms with van der Waals surface area (Å²) in [6.45, 7) is 5.98. The average Bonchev–Trinajstić information content (AvgIpc) is 2.39. The van der Waals surface area contributed by atoms with E-state index in [2.05, 4.69) is 10.3 Å². The molecule has 0 radical (unpaired) electrons. The standard InChI is InChI=1S/C13H18ClN3O3/c1-4-9(5-2)8(3)16-13(18)10-6-12(14)15-7-11(10)17(19)20/h6-9H,4-5H2,1-3H3,(H,16,18). The topological polar surface area (TPSA) is 85.1 Å². The fourth-order valence-corrected chi connectivity index (χ4v) is 2.31. The van der Waals surface area contributed by atoms with Crippen LogP contribution in [0, 0.1) is 16.0 Å². The van der Waals surface area contributed by atoms with Crippen LogP contribution in [0.15, 0.2) is 12.3 Å². The van der Waals surface area contributed by atoms with Gasteiger partial charge in [-0.05, 0) is 18.9 Å². The molecule has 1 rings (SSSR count). The average molecular weight is 300 g/mol. The zero-order valence-corrected chi connectivity index (χ0v) is 12.5. The highest BCUT2D eigenvalue weighted by Crippen LogP contribution is 2.21. The third-order valence-electron chi connectivity index (χ3n) is 3.41. The highest BCUT2D eigenvalue weighted by Gasteiger charge is 2.24. The van der Waals surface area contributed by atoms with Crippen molar-refractivity contribution in [3.63, 3.8) is 0 Å². The molecular weight excluding hydrogens is 282 g/mol. The minimum atomic E-state index is -0.639. The fraction of sp³-hybridized carbons (Fsp3) is 0.538. The zero-order chi connectivity index (χ0) is 15.3. The number of rotatable bonds is 6. The summed E-state index contributed by atoms with van der Waals surface area (Å²) in [5, 5.41) is 13.8. The Kier molecular flexibility index (Phi) is 5.88.